The number of nitrogens with one attached hydrogen (secondary N) is 1. The summed E-state index contributed by atoms with van der Waals surface area (Å²) in [5.41, 5.74) is 2.41. The zero-order valence-corrected chi connectivity index (χ0v) is 13.5. The van der Waals surface area contributed by atoms with Crippen LogP contribution in [0, 0.1) is 10.1 Å². The summed E-state index contributed by atoms with van der Waals surface area (Å²) in [6, 6.07) is 10.6. The SMILES string of the molecule is O=[N+]([O-])c1ccc(-c2cnc3ccc(NC4CCOCC4)nn23)cc1. The Bertz CT molecular complexity index is 900. The van der Waals surface area contributed by atoms with Crippen molar-refractivity contribution < 1.29 is 9.66 Å². The van der Waals surface area contributed by atoms with Gasteiger partial charge in [0.25, 0.3) is 5.69 Å². The third-order valence-corrected chi connectivity index (χ3v) is 4.31. The van der Waals surface area contributed by atoms with Crippen LogP contribution in [0.1, 0.15) is 12.8 Å². The molecule has 8 heteroatoms. The zero-order valence-electron chi connectivity index (χ0n) is 13.5. The van der Waals surface area contributed by atoms with Crippen molar-refractivity contribution in [3.8, 4) is 11.3 Å². The molecule has 0 atom stereocenters. The lowest BCUT2D eigenvalue weighted by atomic mass is 10.1. The number of nitro groups is 1. The summed E-state index contributed by atoms with van der Waals surface area (Å²) in [6.07, 6.45) is 3.64. The van der Waals surface area contributed by atoms with Crippen LogP contribution in [0.2, 0.25) is 0 Å². The molecular formula is C17H17N5O3. The summed E-state index contributed by atoms with van der Waals surface area (Å²) >= 11 is 0. The van der Waals surface area contributed by atoms with Gasteiger partial charge >= 0.3 is 0 Å². The molecule has 1 aliphatic rings. The van der Waals surface area contributed by atoms with E-state index in [0.29, 0.717) is 6.04 Å². The molecule has 0 spiro atoms. The fraction of sp³-hybridized carbons (Fsp3) is 0.294. The molecule has 1 fully saturated rings. The van der Waals surface area contributed by atoms with Crippen LogP contribution in [-0.4, -0.2) is 38.8 Å². The van der Waals surface area contributed by atoms with Crippen molar-refractivity contribution in [2.75, 3.05) is 18.5 Å². The van der Waals surface area contributed by atoms with Crippen molar-refractivity contribution in [3.63, 3.8) is 0 Å². The standard InChI is InChI=1S/C17H17N5O3/c23-22(24)14-3-1-12(2-4-14)15-11-18-17-6-5-16(20-21(15)17)19-13-7-9-25-10-8-13/h1-6,11,13H,7-10H2,(H,19,20). The quantitative estimate of drug-likeness (QED) is 0.580. The van der Waals surface area contributed by atoms with E-state index in [4.69, 9.17) is 4.74 Å². The fourth-order valence-electron chi connectivity index (χ4n) is 2.95. The maximum atomic E-state index is 10.8. The van der Waals surface area contributed by atoms with Crippen LogP contribution < -0.4 is 5.32 Å². The topological polar surface area (TPSA) is 94.6 Å². The Morgan fingerprint density at radius 1 is 1.16 bits per heavy atom. The molecule has 4 rings (SSSR count). The molecule has 0 saturated carbocycles. The monoisotopic (exact) mass is 339 g/mol. The molecule has 0 bridgehead atoms. The largest absolute Gasteiger partial charge is 0.381 e. The molecule has 0 aliphatic carbocycles. The number of aromatic nitrogens is 3. The first-order valence-electron chi connectivity index (χ1n) is 8.14. The molecule has 25 heavy (non-hydrogen) atoms. The van der Waals surface area contributed by atoms with E-state index in [1.165, 1.54) is 12.1 Å². The number of nitrogens with zero attached hydrogens (tertiary/aromatic N) is 4. The highest BCUT2D eigenvalue weighted by Crippen LogP contribution is 2.24. The summed E-state index contributed by atoms with van der Waals surface area (Å²) < 4.78 is 7.13. The van der Waals surface area contributed by atoms with E-state index in [1.54, 1.807) is 22.8 Å². The van der Waals surface area contributed by atoms with Gasteiger partial charge in [-0.15, -0.1) is 5.10 Å². The molecule has 0 radical (unpaired) electrons. The van der Waals surface area contributed by atoms with Gasteiger partial charge in [0.05, 0.1) is 16.8 Å². The van der Waals surface area contributed by atoms with E-state index in [2.05, 4.69) is 15.4 Å². The lowest BCUT2D eigenvalue weighted by molar-refractivity contribution is -0.384. The molecular weight excluding hydrogens is 322 g/mol. The van der Waals surface area contributed by atoms with Gasteiger partial charge in [-0.2, -0.15) is 0 Å². The number of hydrogen-bond acceptors (Lipinski definition) is 6. The van der Waals surface area contributed by atoms with Gasteiger partial charge in [-0.05, 0) is 37.1 Å². The molecule has 128 valence electrons. The Balaban J connectivity index is 1.65. The van der Waals surface area contributed by atoms with Crippen molar-refractivity contribution in [2.24, 2.45) is 0 Å². The minimum absolute atomic E-state index is 0.0624. The van der Waals surface area contributed by atoms with Gasteiger partial charge in [-0.1, -0.05) is 0 Å². The van der Waals surface area contributed by atoms with Gasteiger partial charge < -0.3 is 10.1 Å². The van der Waals surface area contributed by atoms with Crippen LogP contribution in [0.3, 0.4) is 0 Å². The highest BCUT2D eigenvalue weighted by molar-refractivity contribution is 5.64. The molecule has 0 unspecified atom stereocenters. The molecule has 2 aromatic heterocycles. The second kappa shape index (κ2) is 6.48. The lowest BCUT2D eigenvalue weighted by Crippen LogP contribution is -2.28. The number of fused-ring (bicyclic) bond motifs is 1. The van der Waals surface area contributed by atoms with Gasteiger partial charge in [0.1, 0.15) is 5.82 Å². The zero-order chi connectivity index (χ0) is 17.2. The van der Waals surface area contributed by atoms with Crippen molar-refractivity contribution >= 4 is 17.2 Å². The maximum absolute atomic E-state index is 10.8. The normalized spacial score (nSPS) is 15.4. The number of imidazole rings is 1. The Hall–Kier alpha value is -3.00. The number of rotatable bonds is 4. The van der Waals surface area contributed by atoms with Gasteiger partial charge in [0, 0.05) is 37.0 Å². The first-order chi connectivity index (χ1) is 12.2. The van der Waals surface area contributed by atoms with E-state index in [1.807, 2.05) is 12.1 Å². The van der Waals surface area contributed by atoms with Gasteiger partial charge in [0.2, 0.25) is 0 Å². The number of benzene rings is 1. The molecule has 3 heterocycles. The van der Waals surface area contributed by atoms with Crippen LogP contribution in [0.15, 0.2) is 42.6 Å². The highest BCUT2D eigenvalue weighted by Gasteiger charge is 2.15. The number of nitro benzene ring substituents is 1. The average Bonchev–Trinajstić information content (AvgIpc) is 3.06. The van der Waals surface area contributed by atoms with Crippen molar-refractivity contribution in [3.05, 3.63) is 52.7 Å². The molecule has 0 amide bonds. The minimum atomic E-state index is -0.410. The molecule has 1 aromatic carbocycles. The van der Waals surface area contributed by atoms with Crippen LogP contribution >= 0.6 is 0 Å². The number of hydrogen-bond donors (Lipinski definition) is 1. The lowest BCUT2D eigenvalue weighted by Gasteiger charge is -2.23. The van der Waals surface area contributed by atoms with Crippen molar-refractivity contribution in [1.82, 2.24) is 14.6 Å². The Kier molecular flexibility index (Phi) is 4.02. The van der Waals surface area contributed by atoms with Crippen LogP contribution in [0.5, 0.6) is 0 Å². The minimum Gasteiger partial charge on any atom is -0.381 e. The van der Waals surface area contributed by atoms with Crippen molar-refractivity contribution in [1.29, 1.82) is 0 Å². The second-order valence-corrected chi connectivity index (χ2v) is 5.97. The van der Waals surface area contributed by atoms with Gasteiger partial charge in [-0.3, -0.25) is 10.1 Å². The van der Waals surface area contributed by atoms with E-state index >= 15 is 0 Å². The summed E-state index contributed by atoms with van der Waals surface area (Å²) in [5, 5.41) is 18.9. The predicted octanol–water partition coefficient (Wildman–Crippen LogP) is 2.90. The second-order valence-electron chi connectivity index (χ2n) is 5.97. The first kappa shape index (κ1) is 15.5. The summed E-state index contributed by atoms with van der Waals surface area (Å²) in [6.45, 7) is 1.53. The van der Waals surface area contributed by atoms with E-state index in [9.17, 15) is 10.1 Å². The van der Waals surface area contributed by atoms with Crippen LogP contribution in [0.25, 0.3) is 16.9 Å². The number of anilines is 1. The number of ether oxygens (including phenoxy) is 1. The average molecular weight is 339 g/mol. The highest BCUT2D eigenvalue weighted by atomic mass is 16.6. The van der Waals surface area contributed by atoms with Crippen LogP contribution in [0.4, 0.5) is 11.5 Å². The number of non-ortho nitro benzene ring substituents is 1. The Morgan fingerprint density at radius 2 is 1.92 bits per heavy atom. The third kappa shape index (κ3) is 3.16. The summed E-state index contributed by atoms with van der Waals surface area (Å²) in [4.78, 5) is 14.8. The maximum Gasteiger partial charge on any atom is 0.269 e. The van der Waals surface area contributed by atoms with Gasteiger partial charge in [-0.25, -0.2) is 9.50 Å². The van der Waals surface area contributed by atoms with Crippen LogP contribution in [-0.2, 0) is 4.74 Å². The third-order valence-electron chi connectivity index (χ3n) is 4.31. The molecule has 1 aliphatic heterocycles. The smallest absolute Gasteiger partial charge is 0.269 e. The van der Waals surface area contributed by atoms with E-state index in [-0.39, 0.29) is 5.69 Å². The Labute approximate surface area is 143 Å². The summed E-state index contributed by atoms with van der Waals surface area (Å²) in [7, 11) is 0. The fourth-order valence-corrected chi connectivity index (χ4v) is 2.95. The van der Waals surface area contributed by atoms with E-state index in [0.717, 1.165) is 48.8 Å². The first-order valence-corrected chi connectivity index (χ1v) is 8.14. The van der Waals surface area contributed by atoms with Gasteiger partial charge in [0.15, 0.2) is 5.65 Å². The molecule has 1 saturated heterocycles. The molecule has 8 nitrogen and oxygen atoms in total. The van der Waals surface area contributed by atoms with Crippen molar-refractivity contribution in [2.45, 2.75) is 18.9 Å². The molecule has 3 aromatic rings. The predicted molar refractivity (Wildman–Crippen MR) is 92.5 cm³/mol. The Morgan fingerprint density at radius 3 is 2.64 bits per heavy atom. The molecule has 1 N–H and O–H groups in total. The summed E-state index contributed by atoms with van der Waals surface area (Å²) in [5.74, 6) is 0.778. The van der Waals surface area contributed by atoms with E-state index < -0.39 is 4.92 Å².